The molecule has 1 aliphatic carbocycles. The van der Waals surface area contributed by atoms with Gasteiger partial charge in [0.15, 0.2) is 5.76 Å². The lowest BCUT2D eigenvalue weighted by Crippen LogP contribution is -2.35. The van der Waals surface area contributed by atoms with Gasteiger partial charge < -0.3 is 14.5 Å². The number of ether oxygens (including phenoxy) is 1. The number of hydrogen-bond acceptors (Lipinski definition) is 5. The summed E-state index contributed by atoms with van der Waals surface area (Å²) in [6.07, 6.45) is 2.22. The van der Waals surface area contributed by atoms with Crippen LogP contribution in [-0.4, -0.2) is 37.3 Å². The van der Waals surface area contributed by atoms with E-state index in [2.05, 4.69) is 15.8 Å². The predicted octanol–water partition coefficient (Wildman–Crippen LogP) is 3.48. The van der Waals surface area contributed by atoms with Crippen LogP contribution in [0, 0.1) is 6.92 Å². The Hall–Kier alpha value is -2.64. The van der Waals surface area contributed by atoms with Crippen molar-refractivity contribution in [3.8, 4) is 0 Å². The Morgan fingerprint density at radius 3 is 2.76 bits per heavy atom. The van der Waals surface area contributed by atoms with Crippen molar-refractivity contribution >= 4 is 29.1 Å². The highest BCUT2D eigenvalue weighted by atomic mass is 35.5. The maximum atomic E-state index is 12.6. The number of nitrogens with one attached hydrogen (secondary N) is 2. The molecule has 3 rings (SSSR count). The Morgan fingerprint density at radius 2 is 2.03 bits per heavy atom. The van der Waals surface area contributed by atoms with Gasteiger partial charge in [-0.05, 0) is 38.8 Å². The molecule has 1 aromatic heterocycles. The average Bonchev–Trinajstić information content (AvgIpc) is 3.04. The van der Waals surface area contributed by atoms with E-state index in [1.807, 2.05) is 13.8 Å². The van der Waals surface area contributed by atoms with Crippen LogP contribution in [0.15, 0.2) is 33.8 Å². The van der Waals surface area contributed by atoms with Crippen molar-refractivity contribution < 1.29 is 18.7 Å². The van der Waals surface area contributed by atoms with Gasteiger partial charge >= 0.3 is 0 Å². The number of halogens is 1. The van der Waals surface area contributed by atoms with Gasteiger partial charge in [0.25, 0.3) is 11.8 Å². The van der Waals surface area contributed by atoms with Crippen molar-refractivity contribution in [3.63, 3.8) is 0 Å². The molecule has 2 N–H and O–H groups in total. The summed E-state index contributed by atoms with van der Waals surface area (Å²) in [7, 11) is 1.58. The number of furan rings is 1. The maximum absolute atomic E-state index is 12.6. The third kappa shape index (κ3) is 4.68. The monoisotopic (exact) mass is 417 g/mol. The first-order chi connectivity index (χ1) is 13.9. The summed E-state index contributed by atoms with van der Waals surface area (Å²) in [4.78, 5) is 25.0. The Labute approximate surface area is 174 Å². The molecule has 1 heterocycles. The number of carbonyl (C=O) groups is 2. The SMILES string of the molecule is COCC(C)NC(=O)c1oc2c(c1C)/C(=N/NC(=O)c1ccccc1Cl)CCC2. The van der Waals surface area contributed by atoms with E-state index in [1.165, 1.54) is 0 Å². The Balaban J connectivity index is 1.82. The summed E-state index contributed by atoms with van der Waals surface area (Å²) in [6, 6.07) is 6.64. The lowest BCUT2D eigenvalue weighted by molar-refractivity contribution is 0.0874. The quantitative estimate of drug-likeness (QED) is 0.704. The van der Waals surface area contributed by atoms with E-state index < -0.39 is 0 Å². The highest BCUT2D eigenvalue weighted by molar-refractivity contribution is 6.33. The van der Waals surface area contributed by atoms with Crippen molar-refractivity contribution in [2.75, 3.05) is 13.7 Å². The summed E-state index contributed by atoms with van der Waals surface area (Å²) in [5.74, 6) is 0.303. The second kappa shape index (κ2) is 9.24. The molecule has 1 aromatic carbocycles. The van der Waals surface area contributed by atoms with Crippen molar-refractivity contribution in [1.82, 2.24) is 10.7 Å². The van der Waals surface area contributed by atoms with Crippen molar-refractivity contribution in [1.29, 1.82) is 0 Å². The molecule has 2 amide bonds. The number of aryl methyl sites for hydroxylation is 1. The van der Waals surface area contributed by atoms with Crippen LogP contribution in [0.3, 0.4) is 0 Å². The van der Waals surface area contributed by atoms with E-state index in [9.17, 15) is 9.59 Å². The number of fused-ring (bicyclic) bond motifs is 1. The number of rotatable bonds is 6. The van der Waals surface area contributed by atoms with Gasteiger partial charge in [-0.3, -0.25) is 9.59 Å². The molecular formula is C21H24ClN3O4. The zero-order valence-electron chi connectivity index (χ0n) is 16.7. The van der Waals surface area contributed by atoms with Crippen LogP contribution in [0.2, 0.25) is 5.02 Å². The molecule has 154 valence electrons. The second-order valence-electron chi connectivity index (χ2n) is 7.02. The van der Waals surface area contributed by atoms with Gasteiger partial charge in [-0.1, -0.05) is 23.7 Å². The van der Waals surface area contributed by atoms with E-state index in [0.717, 1.165) is 12.0 Å². The number of methoxy groups -OCH3 is 1. The zero-order valence-corrected chi connectivity index (χ0v) is 17.4. The van der Waals surface area contributed by atoms with Crippen LogP contribution in [0.4, 0.5) is 0 Å². The van der Waals surface area contributed by atoms with Gasteiger partial charge in [0, 0.05) is 30.7 Å². The smallest absolute Gasteiger partial charge is 0.287 e. The molecule has 0 aliphatic heterocycles. The molecule has 1 aliphatic rings. The number of amides is 2. The number of hydrazone groups is 1. The molecule has 8 heteroatoms. The molecule has 1 unspecified atom stereocenters. The zero-order chi connectivity index (χ0) is 21.0. The predicted molar refractivity (Wildman–Crippen MR) is 111 cm³/mol. The maximum Gasteiger partial charge on any atom is 0.287 e. The van der Waals surface area contributed by atoms with Crippen LogP contribution in [0.5, 0.6) is 0 Å². The number of hydrogen-bond donors (Lipinski definition) is 2. The summed E-state index contributed by atoms with van der Waals surface area (Å²) in [5.41, 5.74) is 5.12. The van der Waals surface area contributed by atoms with Crippen LogP contribution in [-0.2, 0) is 11.2 Å². The highest BCUT2D eigenvalue weighted by Gasteiger charge is 2.28. The molecule has 0 bridgehead atoms. The van der Waals surface area contributed by atoms with Gasteiger partial charge in [0.1, 0.15) is 5.76 Å². The molecule has 0 saturated heterocycles. The van der Waals surface area contributed by atoms with Crippen molar-refractivity contribution in [3.05, 3.63) is 57.5 Å². The second-order valence-corrected chi connectivity index (χ2v) is 7.42. The minimum Gasteiger partial charge on any atom is -0.455 e. The summed E-state index contributed by atoms with van der Waals surface area (Å²) in [6.45, 7) is 4.09. The number of nitrogens with zero attached hydrogens (tertiary/aromatic N) is 1. The lowest BCUT2D eigenvalue weighted by Gasteiger charge is -2.13. The average molecular weight is 418 g/mol. The van der Waals surface area contributed by atoms with Crippen molar-refractivity contribution in [2.24, 2.45) is 5.10 Å². The van der Waals surface area contributed by atoms with Crippen molar-refractivity contribution in [2.45, 2.75) is 39.2 Å². The summed E-state index contributed by atoms with van der Waals surface area (Å²) < 4.78 is 10.9. The van der Waals surface area contributed by atoms with Crippen LogP contribution < -0.4 is 10.7 Å². The first-order valence-corrected chi connectivity index (χ1v) is 9.84. The molecular weight excluding hydrogens is 394 g/mol. The Bertz CT molecular complexity index is 951. The van der Waals surface area contributed by atoms with E-state index in [0.29, 0.717) is 47.1 Å². The van der Waals surface area contributed by atoms with E-state index in [-0.39, 0.29) is 23.6 Å². The van der Waals surface area contributed by atoms with Crippen LogP contribution in [0.25, 0.3) is 0 Å². The number of benzene rings is 1. The first-order valence-electron chi connectivity index (χ1n) is 9.46. The molecule has 29 heavy (non-hydrogen) atoms. The third-order valence-electron chi connectivity index (χ3n) is 4.74. The lowest BCUT2D eigenvalue weighted by atomic mass is 9.93. The van der Waals surface area contributed by atoms with Gasteiger partial charge in [-0.15, -0.1) is 0 Å². The molecule has 1 atom stereocenters. The third-order valence-corrected chi connectivity index (χ3v) is 5.07. The summed E-state index contributed by atoms with van der Waals surface area (Å²) in [5, 5.41) is 7.53. The fourth-order valence-electron chi connectivity index (χ4n) is 3.40. The normalized spacial score (nSPS) is 15.7. The van der Waals surface area contributed by atoms with Crippen LogP contribution >= 0.6 is 11.6 Å². The molecule has 0 fully saturated rings. The van der Waals surface area contributed by atoms with Gasteiger partial charge in [-0.25, -0.2) is 5.43 Å². The standard InChI is InChI=1S/C21H24ClN3O4/c1-12(11-28-3)23-21(27)19-13(2)18-16(9-6-10-17(18)29-19)24-25-20(26)14-7-4-5-8-15(14)22/h4-5,7-8,12H,6,9-11H2,1-3H3,(H,23,27)(H,25,26)/b24-16+. The Morgan fingerprint density at radius 1 is 1.28 bits per heavy atom. The molecule has 0 radical (unpaired) electrons. The minimum absolute atomic E-state index is 0.142. The summed E-state index contributed by atoms with van der Waals surface area (Å²) >= 11 is 6.07. The van der Waals surface area contributed by atoms with Gasteiger partial charge in [0.05, 0.1) is 22.9 Å². The molecule has 2 aromatic rings. The van der Waals surface area contributed by atoms with E-state index in [1.54, 1.807) is 31.4 Å². The fraction of sp³-hybridized carbons (Fsp3) is 0.381. The molecule has 7 nitrogen and oxygen atoms in total. The van der Waals surface area contributed by atoms with Crippen LogP contribution in [0.1, 0.15) is 57.6 Å². The Kier molecular flexibility index (Phi) is 6.71. The van der Waals surface area contributed by atoms with E-state index in [4.69, 9.17) is 20.8 Å². The fourth-order valence-corrected chi connectivity index (χ4v) is 3.62. The first kappa shape index (κ1) is 21.1. The largest absolute Gasteiger partial charge is 0.455 e. The van der Waals surface area contributed by atoms with Gasteiger partial charge in [-0.2, -0.15) is 5.10 Å². The molecule has 0 saturated carbocycles. The minimum atomic E-state index is -0.386. The van der Waals surface area contributed by atoms with Gasteiger partial charge in [0.2, 0.25) is 0 Å². The molecule has 0 spiro atoms. The number of carbonyl (C=O) groups excluding carboxylic acids is 2. The van der Waals surface area contributed by atoms with E-state index >= 15 is 0 Å². The highest BCUT2D eigenvalue weighted by Crippen LogP contribution is 2.30. The topological polar surface area (TPSA) is 92.9 Å².